The SMILES string of the molecule is NC1=CCC(C(=O)[C@@H](N)Cc2ccccc2)(S(=O)(=O)NC(=O)c2ccccc2)C=C1. The number of sulfonamides is 1. The van der Waals surface area contributed by atoms with Crippen LogP contribution in [-0.4, -0.2) is 30.9 Å². The Morgan fingerprint density at radius 2 is 1.63 bits per heavy atom. The summed E-state index contributed by atoms with van der Waals surface area (Å²) in [5.74, 6) is -1.53. The minimum atomic E-state index is -4.47. The van der Waals surface area contributed by atoms with Gasteiger partial charge in [-0.15, -0.1) is 0 Å². The zero-order valence-corrected chi connectivity index (χ0v) is 17.0. The Kier molecular flexibility index (Phi) is 6.19. The molecule has 0 bridgehead atoms. The van der Waals surface area contributed by atoms with Gasteiger partial charge in [0.1, 0.15) is 0 Å². The van der Waals surface area contributed by atoms with Crippen LogP contribution in [0.5, 0.6) is 0 Å². The van der Waals surface area contributed by atoms with Crippen LogP contribution in [0.4, 0.5) is 0 Å². The molecule has 2 aromatic carbocycles. The molecule has 1 aliphatic rings. The van der Waals surface area contributed by atoms with Gasteiger partial charge >= 0.3 is 0 Å². The third kappa shape index (κ3) is 4.34. The second kappa shape index (κ2) is 8.64. The maximum atomic E-state index is 13.3. The summed E-state index contributed by atoms with van der Waals surface area (Å²) in [5.41, 5.74) is 13.2. The van der Waals surface area contributed by atoms with Crippen molar-refractivity contribution in [2.24, 2.45) is 11.5 Å². The average molecular weight is 426 g/mol. The lowest BCUT2D eigenvalue weighted by Gasteiger charge is -2.32. The summed E-state index contributed by atoms with van der Waals surface area (Å²) in [6.45, 7) is 0. The second-order valence-corrected chi connectivity index (χ2v) is 9.03. The molecule has 0 spiro atoms. The highest BCUT2D eigenvalue weighted by Crippen LogP contribution is 2.31. The Hall–Kier alpha value is -3.23. The van der Waals surface area contributed by atoms with E-state index in [0.717, 1.165) is 5.56 Å². The van der Waals surface area contributed by atoms with E-state index in [1.165, 1.54) is 30.4 Å². The minimum Gasteiger partial charge on any atom is -0.399 e. The van der Waals surface area contributed by atoms with Crippen molar-refractivity contribution in [2.45, 2.75) is 23.6 Å². The number of rotatable bonds is 7. The lowest BCUT2D eigenvalue weighted by Crippen LogP contribution is -2.58. The molecule has 1 aliphatic carbocycles. The maximum absolute atomic E-state index is 13.3. The van der Waals surface area contributed by atoms with Crippen LogP contribution in [0.2, 0.25) is 0 Å². The molecule has 0 radical (unpaired) electrons. The molecule has 30 heavy (non-hydrogen) atoms. The summed E-state index contributed by atoms with van der Waals surface area (Å²) in [6.07, 6.45) is 3.96. The van der Waals surface area contributed by atoms with Gasteiger partial charge in [0.25, 0.3) is 15.9 Å². The van der Waals surface area contributed by atoms with E-state index in [4.69, 9.17) is 11.5 Å². The Labute approximate surface area is 175 Å². The minimum absolute atomic E-state index is 0.159. The molecule has 156 valence electrons. The molecule has 7 nitrogen and oxygen atoms in total. The van der Waals surface area contributed by atoms with Gasteiger partial charge in [0.2, 0.25) is 0 Å². The molecule has 2 atom stereocenters. The molecule has 1 unspecified atom stereocenters. The lowest BCUT2D eigenvalue weighted by molar-refractivity contribution is -0.121. The predicted octanol–water partition coefficient (Wildman–Crippen LogP) is 1.43. The summed E-state index contributed by atoms with van der Waals surface area (Å²) < 4.78 is 26.5. The molecule has 0 aliphatic heterocycles. The monoisotopic (exact) mass is 425 g/mol. The highest BCUT2D eigenvalue weighted by Gasteiger charge is 2.51. The molecule has 2 aromatic rings. The van der Waals surface area contributed by atoms with E-state index >= 15 is 0 Å². The number of amides is 1. The van der Waals surface area contributed by atoms with Gasteiger partial charge in [0, 0.05) is 11.3 Å². The Morgan fingerprint density at radius 1 is 1.03 bits per heavy atom. The van der Waals surface area contributed by atoms with Crippen LogP contribution in [0.1, 0.15) is 22.3 Å². The molecule has 0 aromatic heterocycles. The molecule has 5 N–H and O–H groups in total. The van der Waals surface area contributed by atoms with E-state index in [1.54, 1.807) is 30.3 Å². The van der Waals surface area contributed by atoms with Gasteiger partial charge < -0.3 is 11.5 Å². The molecule has 1 amide bonds. The molecule has 8 heteroatoms. The quantitative estimate of drug-likeness (QED) is 0.615. The van der Waals surface area contributed by atoms with Crippen LogP contribution in [0, 0.1) is 0 Å². The van der Waals surface area contributed by atoms with Crippen molar-refractivity contribution in [3.05, 3.63) is 95.7 Å². The fraction of sp³-hybridized carbons (Fsp3) is 0.182. The van der Waals surface area contributed by atoms with Crippen LogP contribution < -0.4 is 16.2 Å². The largest absolute Gasteiger partial charge is 0.399 e. The third-order valence-corrected chi connectivity index (χ3v) is 6.90. The van der Waals surface area contributed by atoms with Crippen molar-refractivity contribution in [3.8, 4) is 0 Å². The van der Waals surface area contributed by atoms with Gasteiger partial charge in [-0.3, -0.25) is 9.59 Å². The standard InChI is InChI=1S/C22H23N3O4S/c23-18-11-13-22(14-12-18,20(26)19(24)15-16-7-3-1-4-8-16)30(28,29)25-21(27)17-9-5-2-6-10-17/h1-13,19H,14-15,23-24H2,(H,25,27)/t19-,22?/m0/s1. The molecule has 0 heterocycles. The first kappa shape index (κ1) is 21.5. The lowest BCUT2D eigenvalue weighted by atomic mass is 9.88. The number of benzene rings is 2. The summed E-state index contributed by atoms with van der Waals surface area (Å²) in [6, 6.07) is 15.9. The Morgan fingerprint density at radius 3 is 2.20 bits per heavy atom. The number of nitrogens with two attached hydrogens (primary N) is 2. The number of allylic oxidation sites excluding steroid dienone is 2. The zero-order chi connectivity index (χ0) is 21.8. The second-order valence-electron chi connectivity index (χ2n) is 7.09. The Bertz CT molecular complexity index is 1100. The molecule has 0 saturated carbocycles. The van der Waals surface area contributed by atoms with E-state index in [2.05, 4.69) is 0 Å². The molecule has 0 saturated heterocycles. The van der Waals surface area contributed by atoms with E-state index in [1.807, 2.05) is 22.9 Å². The van der Waals surface area contributed by atoms with E-state index in [-0.39, 0.29) is 18.4 Å². The van der Waals surface area contributed by atoms with Crippen LogP contribution >= 0.6 is 0 Å². The van der Waals surface area contributed by atoms with Gasteiger partial charge in [0.15, 0.2) is 10.5 Å². The fourth-order valence-corrected chi connectivity index (χ4v) is 4.80. The number of carbonyl (C=O) groups excluding carboxylic acids is 2. The fourth-order valence-electron chi connectivity index (χ4n) is 3.29. The van der Waals surface area contributed by atoms with Crippen LogP contribution in [0.25, 0.3) is 0 Å². The smallest absolute Gasteiger partial charge is 0.264 e. The summed E-state index contributed by atoms with van der Waals surface area (Å²) in [7, 11) is -4.47. The average Bonchev–Trinajstić information content (AvgIpc) is 2.74. The number of Topliss-reactive ketones (excluding diaryl/α,β-unsaturated/α-hetero) is 1. The van der Waals surface area contributed by atoms with Crippen LogP contribution in [-0.2, 0) is 21.2 Å². The van der Waals surface area contributed by atoms with Gasteiger partial charge in [-0.25, -0.2) is 13.1 Å². The predicted molar refractivity (Wildman–Crippen MR) is 115 cm³/mol. The van der Waals surface area contributed by atoms with E-state index in [0.29, 0.717) is 5.70 Å². The first-order valence-electron chi connectivity index (χ1n) is 9.35. The highest BCUT2D eigenvalue weighted by atomic mass is 32.2. The van der Waals surface area contributed by atoms with Gasteiger partial charge in [-0.2, -0.15) is 0 Å². The topological polar surface area (TPSA) is 132 Å². The summed E-state index contributed by atoms with van der Waals surface area (Å²) >= 11 is 0. The van der Waals surface area contributed by atoms with Gasteiger partial charge in [-0.05, 0) is 36.6 Å². The molecular formula is C22H23N3O4S. The molecular weight excluding hydrogens is 402 g/mol. The summed E-state index contributed by atoms with van der Waals surface area (Å²) in [5, 5.41) is 0. The number of ketones is 1. The first-order valence-corrected chi connectivity index (χ1v) is 10.8. The van der Waals surface area contributed by atoms with E-state index < -0.39 is 32.5 Å². The van der Waals surface area contributed by atoms with Crippen molar-refractivity contribution >= 4 is 21.7 Å². The number of hydrogen-bond acceptors (Lipinski definition) is 6. The van der Waals surface area contributed by atoms with Crippen molar-refractivity contribution in [3.63, 3.8) is 0 Å². The van der Waals surface area contributed by atoms with Crippen molar-refractivity contribution in [2.75, 3.05) is 0 Å². The van der Waals surface area contributed by atoms with E-state index in [9.17, 15) is 18.0 Å². The molecule has 3 rings (SSSR count). The maximum Gasteiger partial charge on any atom is 0.264 e. The van der Waals surface area contributed by atoms with Gasteiger partial charge in [-0.1, -0.05) is 60.7 Å². The van der Waals surface area contributed by atoms with Crippen molar-refractivity contribution in [1.29, 1.82) is 0 Å². The van der Waals surface area contributed by atoms with Crippen LogP contribution in [0.3, 0.4) is 0 Å². The number of carbonyl (C=O) groups is 2. The summed E-state index contributed by atoms with van der Waals surface area (Å²) in [4.78, 5) is 25.8. The zero-order valence-electron chi connectivity index (χ0n) is 16.2. The first-order chi connectivity index (χ1) is 14.2. The number of nitrogens with one attached hydrogen (secondary N) is 1. The van der Waals surface area contributed by atoms with Crippen molar-refractivity contribution in [1.82, 2.24) is 4.72 Å². The highest BCUT2D eigenvalue weighted by molar-refractivity contribution is 7.92. The molecule has 0 fully saturated rings. The van der Waals surface area contributed by atoms with Crippen LogP contribution in [0.15, 0.2) is 84.6 Å². The van der Waals surface area contributed by atoms with Crippen molar-refractivity contribution < 1.29 is 18.0 Å². The number of hydrogen-bond donors (Lipinski definition) is 3. The Balaban J connectivity index is 1.92. The normalized spacial score (nSPS) is 19.6. The van der Waals surface area contributed by atoms with Gasteiger partial charge in [0.05, 0.1) is 6.04 Å². The third-order valence-electron chi connectivity index (χ3n) is 4.98.